The summed E-state index contributed by atoms with van der Waals surface area (Å²) in [6.45, 7) is 0.303. The fourth-order valence-electron chi connectivity index (χ4n) is 3.10. The molecule has 0 amide bonds. The van der Waals surface area contributed by atoms with Gasteiger partial charge in [0.25, 0.3) is 0 Å². The van der Waals surface area contributed by atoms with Crippen molar-refractivity contribution in [3.63, 3.8) is 0 Å². The fraction of sp³-hybridized carbons (Fsp3) is 0.462. The zero-order chi connectivity index (χ0) is 26.4. The van der Waals surface area contributed by atoms with Crippen LogP contribution in [0.5, 0.6) is 0 Å². The smallest absolute Gasteiger partial charge is 0.386 e. The summed E-state index contributed by atoms with van der Waals surface area (Å²) in [5.74, 6) is 4.69. The molecule has 6 atom stereocenters. The van der Waals surface area contributed by atoms with E-state index in [-0.39, 0.29) is 21.8 Å². The van der Waals surface area contributed by atoms with Gasteiger partial charge in [-0.2, -0.15) is 13.6 Å². The minimum absolute atomic E-state index is 0.0355. The third-order valence-corrected chi connectivity index (χ3v) is 8.43. The van der Waals surface area contributed by atoms with Gasteiger partial charge >= 0.3 is 23.5 Å². The standard InChI is InChI=1S/C13H18N5O13P3S/c1-2-3-13(20)8(19)6(4-28-33(24,25)31-34(26,27)30-32(21,22)23)29-11(13)18-5-15-7-9(18)16-12(14)17-10(7)35/h5-6,8,11,19-20H,4H2,1H3,(H,24,25)(H,26,27)(H2,21,22,23)(H3,14,16,17,35)/t6-,8+,11-,13?/m1/s1. The first kappa shape index (κ1) is 28.0. The molecule has 1 aliphatic heterocycles. The zero-order valence-corrected chi connectivity index (χ0v) is 20.7. The van der Waals surface area contributed by atoms with Crippen LogP contribution in [0, 0.1) is 16.5 Å². The van der Waals surface area contributed by atoms with E-state index in [2.05, 4.69) is 39.9 Å². The highest BCUT2D eigenvalue weighted by molar-refractivity contribution is 7.71. The van der Waals surface area contributed by atoms with Crippen LogP contribution in [0.3, 0.4) is 0 Å². The lowest BCUT2D eigenvalue weighted by molar-refractivity contribution is -0.0718. The van der Waals surface area contributed by atoms with Gasteiger partial charge in [0.15, 0.2) is 17.5 Å². The van der Waals surface area contributed by atoms with Crippen molar-refractivity contribution in [2.24, 2.45) is 0 Å². The first-order valence-electron chi connectivity index (χ1n) is 8.98. The van der Waals surface area contributed by atoms with Crippen molar-refractivity contribution in [3.05, 3.63) is 11.0 Å². The monoisotopic (exact) mass is 577 g/mol. The van der Waals surface area contributed by atoms with Crippen LogP contribution >= 0.6 is 35.7 Å². The van der Waals surface area contributed by atoms with E-state index < -0.39 is 54.1 Å². The van der Waals surface area contributed by atoms with Crippen molar-refractivity contribution in [3.8, 4) is 11.8 Å². The first-order chi connectivity index (χ1) is 16.0. The van der Waals surface area contributed by atoms with E-state index in [1.165, 1.54) is 6.92 Å². The number of fused-ring (bicyclic) bond motifs is 1. The van der Waals surface area contributed by atoms with Crippen molar-refractivity contribution in [1.82, 2.24) is 19.5 Å². The number of phosphoric acid groups is 3. The Morgan fingerprint density at radius 1 is 1.29 bits per heavy atom. The first-order valence-corrected chi connectivity index (χ1v) is 13.9. The highest BCUT2D eigenvalue weighted by atomic mass is 32.1. The van der Waals surface area contributed by atoms with Crippen LogP contribution in [0.2, 0.25) is 0 Å². The summed E-state index contributed by atoms with van der Waals surface area (Å²) in [6, 6.07) is 0. The van der Waals surface area contributed by atoms with Crippen LogP contribution in [0.15, 0.2) is 6.33 Å². The minimum Gasteiger partial charge on any atom is -0.386 e. The van der Waals surface area contributed by atoms with E-state index in [0.29, 0.717) is 0 Å². The highest BCUT2D eigenvalue weighted by Gasteiger charge is 2.57. The van der Waals surface area contributed by atoms with Crippen molar-refractivity contribution in [2.45, 2.75) is 31.0 Å². The number of nitrogen functional groups attached to an aromatic ring is 1. The Kier molecular flexibility index (Phi) is 7.77. The molecular weight excluding hydrogens is 559 g/mol. The molecule has 2 aromatic rings. The van der Waals surface area contributed by atoms with Crippen molar-refractivity contribution in [1.29, 1.82) is 0 Å². The Balaban J connectivity index is 1.87. The Morgan fingerprint density at radius 3 is 2.54 bits per heavy atom. The van der Waals surface area contributed by atoms with Crippen molar-refractivity contribution >= 4 is 52.8 Å². The Morgan fingerprint density at radius 2 is 1.94 bits per heavy atom. The molecule has 1 saturated heterocycles. The number of imidazole rings is 1. The maximum Gasteiger partial charge on any atom is 0.490 e. The molecule has 0 aromatic carbocycles. The second kappa shape index (κ2) is 9.71. The number of aliphatic hydroxyl groups is 2. The molecule has 2 aromatic heterocycles. The molecule has 18 nitrogen and oxygen atoms in total. The van der Waals surface area contributed by atoms with Crippen molar-refractivity contribution in [2.75, 3.05) is 12.3 Å². The van der Waals surface area contributed by atoms with Crippen LogP contribution in [-0.4, -0.2) is 73.7 Å². The fourth-order valence-corrected chi connectivity index (χ4v) is 6.38. The number of nitrogens with two attached hydrogens (primary N) is 1. The molecule has 3 heterocycles. The van der Waals surface area contributed by atoms with Gasteiger partial charge in [0.2, 0.25) is 5.95 Å². The number of aliphatic hydroxyl groups excluding tert-OH is 1. The maximum atomic E-state index is 12.0. The molecule has 0 bridgehead atoms. The van der Waals surface area contributed by atoms with Gasteiger partial charge in [0.1, 0.15) is 22.4 Å². The number of anilines is 1. The van der Waals surface area contributed by atoms with Gasteiger partial charge in [0, 0.05) is 0 Å². The average molecular weight is 577 g/mol. The van der Waals surface area contributed by atoms with Gasteiger partial charge < -0.3 is 45.2 Å². The molecule has 3 rings (SSSR count). The number of hydrogen-bond acceptors (Lipinski definition) is 13. The third kappa shape index (κ3) is 6.23. The van der Waals surface area contributed by atoms with Crippen LogP contribution in [0.4, 0.5) is 5.95 Å². The highest BCUT2D eigenvalue weighted by Crippen LogP contribution is 2.66. The lowest BCUT2D eigenvalue weighted by Crippen LogP contribution is -2.46. The van der Waals surface area contributed by atoms with Gasteiger partial charge in [-0.05, 0) is 6.92 Å². The van der Waals surface area contributed by atoms with Gasteiger partial charge in [-0.3, -0.25) is 9.09 Å². The summed E-state index contributed by atoms with van der Waals surface area (Å²) in [4.78, 5) is 46.7. The number of ether oxygens (including phenoxy) is 1. The number of nitrogens with one attached hydrogen (secondary N) is 1. The minimum atomic E-state index is -5.76. The van der Waals surface area contributed by atoms with Gasteiger partial charge in [-0.15, -0.1) is 5.92 Å². The Hall–Kier alpha value is -1.58. The predicted octanol–water partition coefficient (Wildman–Crippen LogP) is -0.573. The predicted molar refractivity (Wildman–Crippen MR) is 115 cm³/mol. The summed E-state index contributed by atoms with van der Waals surface area (Å²) in [5.41, 5.74) is 3.51. The SMILES string of the molecule is CC#CC1(O)[C@@H](O)[C@@H](COP(=O)(O)OP(=O)(O)OP(=O)(O)O)O[C@H]1n1cnc2c(=S)[nH]c(N)nc21. The summed E-state index contributed by atoms with van der Waals surface area (Å²) in [7, 11) is -16.9. The molecule has 0 saturated carbocycles. The van der Waals surface area contributed by atoms with E-state index in [9.17, 15) is 33.7 Å². The lowest BCUT2D eigenvalue weighted by Gasteiger charge is -2.26. The maximum absolute atomic E-state index is 12.0. The molecule has 0 radical (unpaired) electrons. The molecule has 35 heavy (non-hydrogen) atoms. The third-order valence-electron chi connectivity index (χ3n) is 4.33. The zero-order valence-electron chi connectivity index (χ0n) is 17.2. The van der Waals surface area contributed by atoms with Gasteiger partial charge in [-0.25, -0.2) is 18.7 Å². The number of aromatic amines is 1. The van der Waals surface area contributed by atoms with E-state index in [4.69, 9.17) is 32.5 Å². The lowest BCUT2D eigenvalue weighted by atomic mass is 9.94. The Bertz CT molecular complexity index is 1400. The van der Waals surface area contributed by atoms with Gasteiger partial charge in [-0.1, -0.05) is 18.1 Å². The van der Waals surface area contributed by atoms with E-state index in [0.717, 1.165) is 10.9 Å². The molecule has 3 unspecified atom stereocenters. The summed E-state index contributed by atoms with van der Waals surface area (Å²) in [5, 5.41) is 21.8. The van der Waals surface area contributed by atoms with Crippen molar-refractivity contribution < 1.29 is 61.4 Å². The quantitative estimate of drug-likeness (QED) is 0.111. The summed E-state index contributed by atoms with van der Waals surface area (Å²) in [6.07, 6.45) is -3.89. The Labute approximate surface area is 200 Å². The topological polar surface area (TPSA) is 282 Å². The number of phosphoric ester groups is 1. The molecule has 22 heteroatoms. The molecule has 9 N–H and O–H groups in total. The normalized spacial score (nSPS) is 28.3. The van der Waals surface area contributed by atoms with E-state index in [1.807, 2.05) is 0 Å². The average Bonchev–Trinajstić information content (AvgIpc) is 3.17. The number of nitrogens with zero attached hydrogens (tertiary/aromatic N) is 3. The van der Waals surface area contributed by atoms with E-state index in [1.54, 1.807) is 0 Å². The molecule has 1 aliphatic rings. The van der Waals surface area contributed by atoms with Crippen LogP contribution in [-0.2, 0) is 31.6 Å². The van der Waals surface area contributed by atoms with Crippen LogP contribution in [0.1, 0.15) is 13.2 Å². The summed E-state index contributed by atoms with van der Waals surface area (Å²) >= 11 is 5.12. The summed E-state index contributed by atoms with van der Waals surface area (Å²) < 4.78 is 52.7. The number of rotatable bonds is 8. The van der Waals surface area contributed by atoms with Gasteiger partial charge in [0.05, 0.1) is 12.9 Å². The largest absolute Gasteiger partial charge is 0.490 e. The molecule has 0 spiro atoms. The number of hydrogen-bond donors (Lipinski definition) is 8. The molecule has 0 aliphatic carbocycles. The molecular formula is C13H18N5O13P3S. The number of aromatic nitrogens is 4. The second-order valence-electron chi connectivity index (χ2n) is 6.83. The molecule has 1 fully saturated rings. The van der Waals surface area contributed by atoms with Crippen LogP contribution in [0.25, 0.3) is 11.2 Å². The van der Waals surface area contributed by atoms with Crippen LogP contribution < -0.4 is 5.73 Å². The molecule has 194 valence electrons. The number of H-pyrrole nitrogens is 1. The second-order valence-corrected chi connectivity index (χ2v) is 11.7. The van der Waals surface area contributed by atoms with E-state index >= 15 is 0 Å².